The van der Waals surface area contributed by atoms with Crippen molar-refractivity contribution in [1.82, 2.24) is 9.97 Å². The van der Waals surface area contributed by atoms with Crippen LogP contribution in [0, 0.1) is 0 Å². The van der Waals surface area contributed by atoms with Gasteiger partial charge in [-0.15, -0.1) is 0 Å². The number of hydrogen-bond acceptors (Lipinski definition) is 4. The molecule has 128 valence electrons. The predicted molar refractivity (Wildman–Crippen MR) is 98.6 cm³/mol. The first-order valence-electron chi connectivity index (χ1n) is 8.11. The maximum Gasteiger partial charge on any atom is 0.251 e. The zero-order valence-corrected chi connectivity index (χ0v) is 15.1. The second kappa shape index (κ2) is 8.68. The molecule has 0 bridgehead atoms. The Kier molecular flexibility index (Phi) is 6.61. The number of nitrogens with zero attached hydrogens (tertiary/aromatic N) is 2. The lowest BCUT2D eigenvalue weighted by atomic mass is 10.2. The minimum Gasteiger partial charge on any atom is -0.309 e. The van der Waals surface area contributed by atoms with Crippen LogP contribution in [0.3, 0.4) is 0 Å². The smallest absolute Gasteiger partial charge is 0.251 e. The topological polar surface area (TPSA) is 66.1 Å². The molecule has 0 atom stereocenters. The lowest BCUT2D eigenvalue weighted by Gasteiger charge is -2.26. The number of H-pyrrole nitrogens is 1. The third-order valence-electron chi connectivity index (χ3n) is 3.43. The zero-order chi connectivity index (χ0) is 17.5. The molecule has 1 aromatic carbocycles. The number of carbonyl (C=O) groups is 1. The summed E-state index contributed by atoms with van der Waals surface area (Å²) in [6.07, 6.45) is 1.68. The molecule has 2 aromatic rings. The average Bonchev–Trinajstić information content (AvgIpc) is 2.53. The van der Waals surface area contributed by atoms with Crippen LogP contribution in [0.15, 0.2) is 46.3 Å². The lowest BCUT2D eigenvalue weighted by molar-refractivity contribution is -0.116. The van der Waals surface area contributed by atoms with E-state index in [4.69, 9.17) is 0 Å². The molecule has 0 unspecified atom stereocenters. The van der Waals surface area contributed by atoms with Crippen LogP contribution in [-0.4, -0.2) is 27.7 Å². The van der Waals surface area contributed by atoms with E-state index < -0.39 is 0 Å². The summed E-state index contributed by atoms with van der Waals surface area (Å²) in [7, 11) is 0. The molecule has 0 radical (unpaired) electrons. The van der Waals surface area contributed by atoms with E-state index in [0.717, 1.165) is 24.2 Å². The van der Waals surface area contributed by atoms with Gasteiger partial charge >= 0.3 is 0 Å². The van der Waals surface area contributed by atoms with Crippen molar-refractivity contribution in [2.45, 2.75) is 44.8 Å². The number of aryl methyl sites for hydroxylation is 1. The highest BCUT2D eigenvalue weighted by Crippen LogP contribution is 2.20. The molecule has 1 heterocycles. The van der Waals surface area contributed by atoms with Crippen LogP contribution >= 0.6 is 11.8 Å². The SMILES string of the molecule is CCCc1cc(=O)[nH]c(SCC(=O)N(c2ccccc2)C(C)C)n1. The van der Waals surface area contributed by atoms with Crippen LogP contribution in [-0.2, 0) is 11.2 Å². The molecular formula is C18H23N3O2S. The summed E-state index contributed by atoms with van der Waals surface area (Å²) in [6, 6.07) is 11.2. The van der Waals surface area contributed by atoms with E-state index in [1.54, 1.807) is 4.90 Å². The van der Waals surface area contributed by atoms with Gasteiger partial charge in [-0.3, -0.25) is 9.59 Å². The van der Waals surface area contributed by atoms with E-state index in [0.29, 0.717) is 5.16 Å². The van der Waals surface area contributed by atoms with Gasteiger partial charge in [0.25, 0.3) is 5.56 Å². The van der Waals surface area contributed by atoms with Gasteiger partial charge in [-0.2, -0.15) is 0 Å². The molecule has 5 nitrogen and oxygen atoms in total. The molecule has 1 aromatic heterocycles. The number of carbonyl (C=O) groups excluding carboxylic acids is 1. The molecule has 1 amide bonds. The highest BCUT2D eigenvalue weighted by molar-refractivity contribution is 7.99. The highest BCUT2D eigenvalue weighted by Gasteiger charge is 2.19. The van der Waals surface area contributed by atoms with Crippen molar-refractivity contribution < 1.29 is 4.79 Å². The number of aromatic nitrogens is 2. The monoisotopic (exact) mass is 345 g/mol. The van der Waals surface area contributed by atoms with Gasteiger partial charge in [0.2, 0.25) is 5.91 Å². The Morgan fingerprint density at radius 3 is 2.62 bits per heavy atom. The molecular weight excluding hydrogens is 322 g/mol. The summed E-state index contributed by atoms with van der Waals surface area (Å²) in [4.78, 5) is 33.2. The molecule has 0 saturated heterocycles. The number of rotatable bonds is 7. The Morgan fingerprint density at radius 2 is 2.00 bits per heavy atom. The fourth-order valence-electron chi connectivity index (χ4n) is 2.45. The Bertz CT molecular complexity index is 729. The van der Waals surface area contributed by atoms with E-state index in [1.807, 2.05) is 51.1 Å². The summed E-state index contributed by atoms with van der Waals surface area (Å²) in [5, 5.41) is 0.496. The summed E-state index contributed by atoms with van der Waals surface area (Å²) < 4.78 is 0. The van der Waals surface area contributed by atoms with Crippen LogP contribution in [0.5, 0.6) is 0 Å². The van der Waals surface area contributed by atoms with E-state index in [9.17, 15) is 9.59 Å². The van der Waals surface area contributed by atoms with E-state index in [2.05, 4.69) is 9.97 Å². The Balaban J connectivity index is 2.10. The standard InChI is InChI=1S/C18H23N3O2S/c1-4-8-14-11-16(22)20-18(19-14)24-12-17(23)21(13(2)3)15-9-6-5-7-10-15/h5-7,9-11,13H,4,8,12H2,1-3H3,(H,19,20,22). The van der Waals surface area contributed by atoms with Gasteiger partial charge in [-0.25, -0.2) is 4.98 Å². The fourth-order valence-corrected chi connectivity index (χ4v) is 3.21. The Hall–Kier alpha value is -2.08. The van der Waals surface area contributed by atoms with Crippen molar-refractivity contribution >= 4 is 23.4 Å². The molecule has 2 rings (SSSR count). The summed E-state index contributed by atoms with van der Waals surface area (Å²) in [5.74, 6) is 0.218. The molecule has 1 N–H and O–H groups in total. The maximum absolute atomic E-state index is 12.6. The second-order valence-corrected chi connectivity index (χ2v) is 6.74. The van der Waals surface area contributed by atoms with Crippen molar-refractivity contribution in [3.63, 3.8) is 0 Å². The van der Waals surface area contributed by atoms with Gasteiger partial charge in [0.05, 0.1) is 5.75 Å². The molecule has 0 aliphatic heterocycles. The van der Waals surface area contributed by atoms with Gasteiger partial charge in [0.1, 0.15) is 0 Å². The van der Waals surface area contributed by atoms with Crippen LogP contribution in [0.2, 0.25) is 0 Å². The van der Waals surface area contributed by atoms with Crippen molar-refractivity contribution in [2.24, 2.45) is 0 Å². The zero-order valence-electron chi connectivity index (χ0n) is 14.3. The molecule has 6 heteroatoms. The number of para-hydroxylation sites is 1. The number of hydrogen-bond donors (Lipinski definition) is 1. The summed E-state index contributed by atoms with van der Waals surface area (Å²) in [6.45, 7) is 6.01. The molecule has 0 aliphatic rings. The summed E-state index contributed by atoms with van der Waals surface area (Å²) in [5.41, 5.74) is 1.46. The van der Waals surface area contributed by atoms with Gasteiger partial charge in [-0.1, -0.05) is 43.3 Å². The molecule has 24 heavy (non-hydrogen) atoms. The number of thioether (sulfide) groups is 1. The van der Waals surface area contributed by atoms with E-state index in [-0.39, 0.29) is 23.3 Å². The first-order chi connectivity index (χ1) is 11.5. The molecule has 0 spiro atoms. The van der Waals surface area contributed by atoms with Crippen molar-refractivity contribution in [3.8, 4) is 0 Å². The third-order valence-corrected chi connectivity index (χ3v) is 4.29. The van der Waals surface area contributed by atoms with E-state index >= 15 is 0 Å². The van der Waals surface area contributed by atoms with Crippen LogP contribution in [0.1, 0.15) is 32.9 Å². The van der Waals surface area contributed by atoms with E-state index in [1.165, 1.54) is 17.8 Å². The number of anilines is 1. The molecule has 0 saturated carbocycles. The van der Waals surface area contributed by atoms with Gasteiger partial charge < -0.3 is 9.88 Å². The first-order valence-corrected chi connectivity index (χ1v) is 9.10. The summed E-state index contributed by atoms with van der Waals surface area (Å²) >= 11 is 1.27. The first kappa shape index (κ1) is 18.3. The van der Waals surface area contributed by atoms with Crippen LogP contribution in [0.4, 0.5) is 5.69 Å². The predicted octanol–water partition coefficient (Wildman–Crippen LogP) is 3.26. The Labute approximate surface area is 146 Å². The highest BCUT2D eigenvalue weighted by atomic mass is 32.2. The third kappa shape index (κ3) is 4.96. The van der Waals surface area contributed by atoms with Crippen molar-refractivity contribution in [1.29, 1.82) is 0 Å². The van der Waals surface area contributed by atoms with Gasteiger partial charge in [0.15, 0.2) is 5.16 Å². The quantitative estimate of drug-likeness (QED) is 0.618. The number of nitrogens with one attached hydrogen (secondary N) is 1. The van der Waals surface area contributed by atoms with Crippen LogP contribution in [0.25, 0.3) is 0 Å². The molecule has 0 fully saturated rings. The minimum absolute atomic E-state index is 0.00950. The van der Waals surface area contributed by atoms with Gasteiger partial charge in [-0.05, 0) is 32.4 Å². The normalized spacial score (nSPS) is 10.8. The minimum atomic E-state index is -0.174. The lowest BCUT2D eigenvalue weighted by Crippen LogP contribution is -2.38. The second-order valence-electron chi connectivity index (χ2n) is 5.77. The fraction of sp³-hybridized carbons (Fsp3) is 0.389. The van der Waals surface area contributed by atoms with Crippen molar-refractivity contribution in [3.05, 3.63) is 52.4 Å². The number of aromatic amines is 1. The number of amides is 1. The Morgan fingerprint density at radius 1 is 1.29 bits per heavy atom. The number of benzene rings is 1. The van der Waals surface area contributed by atoms with Crippen LogP contribution < -0.4 is 10.5 Å². The largest absolute Gasteiger partial charge is 0.309 e. The average molecular weight is 345 g/mol. The maximum atomic E-state index is 12.6. The van der Waals surface area contributed by atoms with Gasteiger partial charge in [0, 0.05) is 23.5 Å². The van der Waals surface area contributed by atoms with Crippen molar-refractivity contribution in [2.75, 3.05) is 10.7 Å². The molecule has 0 aliphatic carbocycles.